The summed E-state index contributed by atoms with van der Waals surface area (Å²) in [5.74, 6) is 4.00. The fraction of sp³-hybridized carbons (Fsp3) is 0.609. The average molecular weight is 540 g/mol. The Balaban J connectivity index is 0.00000341. The molecule has 0 fully saturated rings. The van der Waals surface area contributed by atoms with E-state index in [-0.39, 0.29) is 30.1 Å². The second-order valence-corrected chi connectivity index (χ2v) is 7.99. The van der Waals surface area contributed by atoms with Crippen LogP contribution in [0.2, 0.25) is 0 Å². The van der Waals surface area contributed by atoms with Crippen LogP contribution in [0.1, 0.15) is 56.7 Å². The Morgan fingerprint density at radius 3 is 2.90 bits per heavy atom. The van der Waals surface area contributed by atoms with Gasteiger partial charge in [-0.3, -0.25) is 0 Å². The van der Waals surface area contributed by atoms with Crippen LogP contribution in [0.25, 0.3) is 0 Å². The smallest absolute Gasteiger partial charge is 0.191 e. The molecule has 2 heterocycles. The highest BCUT2D eigenvalue weighted by atomic mass is 127. The largest absolute Gasteiger partial charge is 0.489 e. The highest BCUT2D eigenvalue weighted by Crippen LogP contribution is 2.15. The summed E-state index contributed by atoms with van der Waals surface area (Å²) in [6.45, 7) is 9.54. The molecule has 1 aromatic heterocycles. The van der Waals surface area contributed by atoms with Gasteiger partial charge < -0.3 is 19.9 Å². The zero-order chi connectivity index (χ0) is 21.2. The minimum Gasteiger partial charge on any atom is -0.489 e. The molecule has 7 nitrogen and oxygen atoms in total. The topological polar surface area (TPSA) is 76.4 Å². The minimum atomic E-state index is 0. The SMILES string of the molecule is CCNC(=NCC(C)Oc1cccc(C)c1)NCCCc1nnc2n1CCCCC2.I. The molecular weight excluding hydrogens is 503 g/mol. The van der Waals surface area contributed by atoms with Gasteiger partial charge in [0.05, 0.1) is 6.54 Å². The van der Waals surface area contributed by atoms with Crippen LogP contribution in [0, 0.1) is 6.92 Å². The average Bonchev–Trinajstić information content (AvgIpc) is 2.95. The zero-order valence-corrected chi connectivity index (χ0v) is 21.4. The van der Waals surface area contributed by atoms with Crippen LogP contribution in [0.15, 0.2) is 29.3 Å². The standard InChI is InChI=1S/C23H36N6O.HI/c1-4-24-23(26-17-19(3)30-20-11-8-10-18(2)16-20)25-14-9-13-22-28-27-21-12-6-5-7-15-29(21)22;/h8,10-11,16,19H,4-7,9,12-15,17H2,1-3H3,(H2,24,25,26);1H. The summed E-state index contributed by atoms with van der Waals surface area (Å²) >= 11 is 0. The van der Waals surface area contributed by atoms with E-state index in [0.717, 1.165) is 62.3 Å². The summed E-state index contributed by atoms with van der Waals surface area (Å²) in [7, 11) is 0. The van der Waals surface area contributed by atoms with Crippen molar-refractivity contribution in [1.82, 2.24) is 25.4 Å². The summed E-state index contributed by atoms with van der Waals surface area (Å²) in [6, 6.07) is 8.12. The molecule has 172 valence electrons. The fourth-order valence-electron chi connectivity index (χ4n) is 3.70. The Bertz CT molecular complexity index is 822. The van der Waals surface area contributed by atoms with Crippen molar-refractivity contribution >= 4 is 29.9 Å². The third kappa shape index (κ3) is 8.31. The Hall–Kier alpha value is -1.84. The highest BCUT2D eigenvalue weighted by Gasteiger charge is 2.14. The third-order valence-electron chi connectivity index (χ3n) is 5.23. The molecular formula is C23H37IN6O. The Labute approximate surface area is 203 Å². The molecule has 2 aromatic rings. The summed E-state index contributed by atoms with van der Waals surface area (Å²) < 4.78 is 8.31. The van der Waals surface area contributed by atoms with Gasteiger partial charge in [-0.2, -0.15) is 0 Å². The molecule has 0 saturated heterocycles. The molecule has 0 amide bonds. The first-order chi connectivity index (χ1) is 14.7. The van der Waals surface area contributed by atoms with Crippen molar-refractivity contribution in [2.75, 3.05) is 19.6 Å². The number of ether oxygens (including phenoxy) is 1. The van der Waals surface area contributed by atoms with Gasteiger partial charge in [-0.1, -0.05) is 18.6 Å². The van der Waals surface area contributed by atoms with Gasteiger partial charge in [0.1, 0.15) is 23.5 Å². The van der Waals surface area contributed by atoms with E-state index in [2.05, 4.69) is 56.4 Å². The number of nitrogens with zero attached hydrogens (tertiary/aromatic N) is 4. The number of aromatic nitrogens is 3. The Morgan fingerprint density at radius 2 is 2.10 bits per heavy atom. The predicted molar refractivity (Wildman–Crippen MR) is 137 cm³/mol. The number of rotatable bonds is 9. The summed E-state index contributed by atoms with van der Waals surface area (Å²) in [6.07, 6.45) is 6.76. The number of halogens is 1. The highest BCUT2D eigenvalue weighted by molar-refractivity contribution is 14.0. The van der Waals surface area contributed by atoms with E-state index in [9.17, 15) is 0 Å². The molecule has 0 spiro atoms. The van der Waals surface area contributed by atoms with Gasteiger partial charge >= 0.3 is 0 Å². The molecule has 0 aliphatic carbocycles. The number of hydrogen-bond donors (Lipinski definition) is 2. The van der Waals surface area contributed by atoms with Gasteiger partial charge in [0.2, 0.25) is 0 Å². The maximum atomic E-state index is 5.98. The lowest BCUT2D eigenvalue weighted by molar-refractivity contribution is 0.230. The first kappa shape index (κ1) is 25.4. The van der Waals surface area contributed by atoms with Crippen LogP contribution in [0.4, 0.5) is 0 Å². The molecule has 8 heteroatoms. The summed E-state index contributed by atoms with van der Waals surface area (Å²) in [4.78, 5) is 4.69. The van der Waals surface area contributed by atoms with Gasteiger partial charge in [-0.25, -0.2) is 4.99 Å². The van der Waals surface area contributed by atoms with Crippen molar-refractivity contribution in [2.24, 2.45) is 4.99 Å². The van der Waals surface area contributed by atoms with E-state index in [1.165, 1.54) is 24.8 Å². The van der Waals surface area contributed by atoms with E-state index in [4.69, 9.17) is 4.74 Å². The van der Waals surface area contributed by atoms with Crippen molar-refractivity contribution in [3.05, 3.63) is 41.5 Å². The minimum absolute atomic E-state index is 0. The molecule has 3 rings (SSSR count). The molecule has 1 aliphatic rings. The number of aryl methyl sites for hydroxylation is 3. The maximum absolute atomic E-state index is 5.98. The Kier molecular flexibility index (Phi) is 11.1. The Morgan fingerprint density at radius 1 is 1.23 bits per heavy atom. The zero-order valence-electron chi connectivity index (χ0n) is 19.1. The molecule has 0 radical (unpaired) electrons. The van der Waals surface area contributed by atoms with Crippen molar-refractivity contribution in [3.8, 4) is 5.75 Å². The number of benzene rings is 1. The number of nitrogens with one attached hydrogen (secondary N) is 2. The van der Waals surface area contributed by atoms with E-state index >= 15 is 0 Å². The molecule has 1 unspecified atom stereocenters. The molecule has 1 aromatic carbocycles. The van der Waals surface area contributed by atoms with E-state index in [1.54, 1.807) is 0 Å². The van der Waals surface area contributed by atoms with Crippen molar-refractivity contribution in [2.45, 2.75) is 71.9 Å². The molecule has 1 aliphatic heterocycles. The van der Waals surface area contributed by atoms with Gasteiger partial charge in [-0.15, -0.1) is 34.2 Å². The predicted octanol–water partition coefficient (Wildman–Crippen LogP) is 3.89. The second-order valence-electron chi connectivity index (χ2n) is 7.99. The fourth-order valence-corrected chi connectivity index (χ4v) is 3.70. The number of aliphatic imine (C=N–C) groups is 1. The first-order valence-corrected chi connectivity index (χ1v) is 11.3. The van der Waals surface area contributed by atoms with Gasteiger partial charge in [0.15, 0.2) is 5.96 Å². The quantitative estimate of drug-likeness (QED) is 0.219. The van der Waals surface area contributed by atoms with Crippen LogP contribution in [0.5, 0.6) is 5.75 Å². The van der Waals surface area contributed by atoms with Crippen LogP contribution in [0.3, 0.4) is 0 Å². The normalized spacial score (nSPS) is 14.7. The van der Waals surface area contributed by atoms with E-state index in [0.29, 0.717) is 6.54 Å². The van der Waals surface area contributed by atoms with E-state index in [1.807, 2.05) is 19.1 Å². The maximum Gasteiger partial charge on any atom is 0.191 e. The molecule has 31 heavy (non-hydrogen) atoms. The van der Waals surface area contributed by atoms with Gasteiger partial charge in [0, 0.05) is 32.5 Å². The van der Waals surface area contributed by atoms with Crippen molar-refractivity contribution < 1.29 is 4.74 Å². The number of hydrogen-bond acceptors (Lipinski definition) is 4. The van der Waals surface area contributed by atoms with Gasteiger partial charge in [0.25, 0.3) is 0 Å². The monoisotopic (exact) mass is 540 g/mol. The van der Waals surface area contributed by atoms with Gasteiger partial charge in [-0.05, 0) is 57.7 Å². The van der Waals surface area contributed by atoms with Crippen molar-refractivity contribution in [1.29, 1.82) is 0 Å². The van der Waals surface area contributed by atoms with E-state index < -0.39 is 0 Å². The lowest BCUT2D eigenvalue weighted by Crippen LogP contribution is -2.38. The number of guanidine groups is 1. The lowest BCUT2D eigenvalue weighted by Gasteiger charge is -2.15. The molecule has 0 bridgehead atoms. The van der Waals surface area contributed by atoms with Crippen LogP contribution < -0.4 is 15.4 Å². The number of fused-ring (bicyclic) bond motifs is 1. The molecule has 2 N–H and O–H groups in total. The van der Waals surface area contributed by atoms with Crippen molar-refractivity contribution in [3.63, 3.8) is 0 Å². The van der Waals surface area contributed by atoms with Crippen LogP contribution >= 0.6 is 24.0 Å². The van der Waals surface area contributed by atoms with Crippen LogP contribution in [-0.4, -0.2) is 46.5 Å². The molecule has 1 atom stereocenters. The lowest BCUT2D eigenvalue weighted by atomic mass is 10.2. The second kappa shape index (κ2) is 13.5. The van der Waals surface area contributed by atoms with Crippen LogP contribution in [-0.2, 0) is 19.4 Å². The summed E-state index contributed by atoms with van der Waals surface area (Å²) in [5, 5.41) is 15.6. The third-order valence-corrected chi connectivity index (χ3v) is 5.23. The summed E-state index contributed by atoms with van der Waals surface area (Å²) in [5.41, 5.74) is 1.20. The molecule has 0 saturated carbocycles. The first-order valence-electron chi connectivity index (χ1n) is 11.3.